The zero-order chi connectivity index (χ0) is 13.0. The van der Waals surface area contributed by atoms with E-state index in [2.05, 4.69) is 15.5 Å². The lowest BCUT2D eigenvalue weighted by Crippen LogP contribution is -2.24. The van der Waals surface area contributed by atoms with E-state index in [0.29, 0.717) is 12.4 Å². The van der Waals surface area contributed by atoms with Gasteiger partial charge in [-0.1, -0.05) is 29.8 Å². The van der Waals surface area contributed by atoms with E-state index in [1.165, 1.54) is 5.56 Å². The van der Waals surface area contributed by atoms with Gasteiger partial charge in [-0.3, -0.25) is 4.79 Å². The lowest BCUT2D eigenvalue weighted by atomic mass is 10.1. The average Bonchev–Trinajstić information content (AvgIpc) is 2.38. The number of aromatic nitrogens is 2. The van der Waals surface area contributed by atoms with Crippen molar-refractivity contribution in [1.29, 1.82) is 0 Å². The van der Waals surface area contributed by atoms with Crippen LogP contribution < -0.4 is 11.1 Å². The second-order valence-electron chi connectivity index (χ2n) is 4.01. The van der Waals surface area contributed by atoms with E-state index in [0.717, 1.165) is 5.56 Å². The molecule has 5 heteroatoms. The van der Waals surface area contributed by atoms with Crippen LogP contribution in [0, 0.1) is 6.92 Å². The maximum absolute atomic E-state index is 11.7. The van der Waals surface area contributed by atoms with E-state index in [4.69, 9.17) is 5.73 Å². The summed E-state index contributed by atoms with van der Waals surface area (Å²) in [6.07, 6.45) is 0. The van der Waals surface area contributed by atoms with Crippen LogP contribution in [0.1, 0.15) is 21.6 Å². The van der Waals surface area contributed by atoms with Crippen LogP contribution in [0.15, 0.2) is 36.4 Å². The van der Waals surface area contributed by atoms with Gasteiger partial charge in [-0.15, -0.1) is 10.2 Å². The summed E-state index contributed by atoms with van der Waals surface area (Å²) >= 11 is 0. The first-order valence-electron chi connectivity index (χ1n) is 5.58. The van der Waals surface area contributed by atoms with Crippen LogP contribution in [0.4, 0.5) is 5.82 Å². The Balaban J connectivity index is 1.96. The van der Waals surface area contributed by atoms with Crippen LogP contribution in [-0.4, -0.2) is 16.1 Å². The molecular weight excluding hydrogens is 228 g/mol. The Morgan fingerprint density at radius 2 is 1.89 bits per heavy atom. The van der Waals surface area contributed by atoms with Crippen LogP contribution in [0.5, 0.6) is 0 Å². The van der Waals surface area contributed by atoms with E-state index in [1.54, 1.807) is 12.1 Å². The number of rotatable bonds is 3. The third-order valence-corrected chi connectivity index (χ3v) is 2.49. The maximum atomic E-state index is 11.7. The molecule has 0 aliphatic carbocycles. The summed E-state index contributed by atoms with van der Waals surface area (Å²) in [6.45, 7) is 2.48. The zero-order valence-corrected chi connectivity index (χ0v) is 10.1. The highest BCUT2D eigenvalue weighted by molar-refractivity contribution is 5.92. The molecule has 0 fully saturated rings. The van der Waals surface area contributed by atoms with Crippen molar-refractivity contribution in [3.05, 3.63) is 53.2 Å². The average molecular weight is 242 g/mol. The Labute approximate surface area is 105 Å². The fourth-order valence-corrected chi connectivity index (χ4v) is 1.44. The van der Waals surface area contributed by atoms with Crippen molar-refractivity contribution < 1.29 is 4.79 Å². The summed E-state index contributed by atoms with van der Waals surface area (Å²) in [7, 11) is 0. The predicted octanol–water partition coefficient (Wildman–Crippen LogP) is 1.30. The summed E-state index contributed by atoms with van der Waals surface area (Å²) in [5, 5.41) is 10.1. The highest BCUT2D eigenvalue weighted by atomic mass is 16.1. The van der Waals surface area contributed by atoms with Gasteiger partial charge in [-0.2, -0.15) is 0 Å². The molecule has 1 aromatic carbocycles. The van der Waals surface area contributed by atoms with Gasteiger partial charge in [-0.25, -0.2) is 0 Å². The fraction of sp³-hybridized carbons (Fsp3) is 0.154. The molecule has 0 saturated carbocycles. The van der Waals surface area contributed by atoms with Crippen molar-refractivity contribution in [1.82, 2.24) is 15.5 Å². The number of benzene rings is 1. The molecular formula is C13H14N4O. The highest BCUT2D eigenvalue weighted by Gasteiger charge is 2.06. The Hall–Kier alpha value is -2.43. The third-order valence-electron chi connectivity index (χ3n) is 2.49. The standard InChI is InChI=1S/C13H14N4O/c1-9-2-4-10(5-3-9)8-15-13(18)11-6-7-12(14)17-16-11/h2-7H,8H2,1H3,(H2,14,17)(H,15,18). The van der Waals surface area contributed by atoms with Gasteiger partial charge in [0.2, 0.25) is 0 Å². The second kappa shape index (κ2) is 5.27. The van der Waals surface area contributed by atoms with Crippen molar-refractivity contribution in [2.24, 2.45) is 0 Å². The number of anilines is 1. The van der Waals surface area contributed by atoms with Gasteiger partial charge >= 0.3 is 0 Å². The summed E-state index contributed by atoms with van der Waals surface area (Å²) in [5.74, 6) is 0.0353. The number of hydrogen-bond acceptors (Lipinski definition) is 4. The minimum absolute atomic E-state index is 0.260. The molecule has 1 amide bonds. The normalized spacial score (nSPS) is 10.1. The molecule has 2 rings (SSSR count). The minimum Gasteiger partial charge on any atom is -0.382 e. The molecule has 3 N–H and O–H groups in total. The van der Waals surface area contributed by atoms with E-state index >= 15 is 0 Å². The molecule has 18 heavy (non-hydrogen) atoms. The lowest BCUT2D eigenvalue weighted by molar-refractivity contribution is 0.0945. The second-order valence-corrected chi connectivity index (χ2v) is 4.01. The molecule has 0 radical (unpaired) electrons. The van der Waals surface area contributed by atoms with Gasteiger partial charge in [0.1, 0.15) is 5.82 Å². The van der Waals surface area contributed by atoms with Gasteiger partial charge in [0.15, 0.2) is 5.69 Å². The van der Waals surface area contributed by atoms with Crippen molar-refractivity contribution in [2.45, 2.75) is 13.5 Å². The molecule has 0 aliphatic heterocycles. The molecule has 0 saturated heterocycles. The largest absolute Gasteiger partial charge is 0.382 e. The Morgan fingerprint density at radius 3 is 2.50 bits per heavy atom. The van der Waals surface area contributed by atoms with Gasteiger partial charge in [0, 0.05) is 6.54 Å². The number of nitrogen functional groups attached to an aromatic ring is 1. The number of nitrogens with zero attached hydrogens (tertiary/aromatic N) is 2. The predicted molar refractivity (Wildman–Crippen MR) is 68.8 cm³/mol. The molecule has 0 atom stereocenters. The summed E-state index contributed by atoms with van der Waals surface area (Å²) in [6, 6.07) is 11.1. The molecule has 1 heterocycles. The number of nitrogens with one attached hydrogen (secondary N) is 1. The van der Waals surface area contributed by atoms with Gasteiger partial charge in [-0.05, 0) is 24.6 Å². The number of carbonyl (C=O) groups excluding carboxylic acids is 1. The van der Waals surface area contributed by atoms with Crippen molar-refractivity contribution in [2.75, 3.05) is 5.73 Å². The number of aryl methyl sites for hydroxylation is 1. The number of nitrogens with two attached hydrogens (primary N) is 1. The van der Waals surface area contributed by atoms with E-state index < -0.39 is 0 Å². The number of hydrogen-bond donors (Lipinski definition) is 2. The molecule has 0 bridgehead atoms. The first-order valence-corrected chi connectivity index (χ1v) is 5.58. The summed E-state index contributed by atoms with van der Waals surface area (Å²) in [4.78, 5) is 11.7. The number of carbonyl (C=O) groups is 1. The first-order chi connectivity index (χ1) is 8.65. The Bertz CT molecular complexity index is 534. The molecule has 0 aliphatic rings. The van der Waals surface area contributed by atoms with Crippen LogP contribution in [-0.2, 0) is 6.54 Å². The highest BCUT2D eigenvalue weighted by Crippen LogP contribution is 2.03. The molecule has 5 nitrogen and oxygen atoms in total. The molecule has 2 aromatic rings. The summed E-state index contributed by atoms with van der Waals surface area (Å²) in [5.41, 5.74) is 7.89. The lowest BCUT2D eigenvalue weighted by Gasteiger charge is -2.04. The zero-order valence-electron chi connectivity index (χ0n) is 10.1. The first kappa shape index (κ1) is 12.0. The van der Waals surface area contributed by atoms with Crippen LogP contribution in [0.3, 0.4) is 0 Å². The molecule has 0 spiro atoms. The molecule has 0 unspecified atom stereocenters. The van der Waals surface area contributed by atoms with Crippen LogP contribution in [0.25, 0.3) is 0 Å². The maximum Gasteiger partial charge on any atom is 0.272 e. The van der Waals surface area contributed by atoms with Gasteiger partial charge in [0.05, 0.1) is 0 Å². The molecule has 92 valence electrons. The Kier molecular flexibility index (Phi) is 3.52. The van der Waals surface area contributed by atoms with Crippen molar-refractivity contribution >= 4 is 11.7 Å². The van der Waals surface area contributed by atoms with E-state index in [-0.39, 0.29) is 11.6 Å². The third kappa shape index (κ3) is 3.04. The quantitative estimate of drug-likeness (QED) is 0.850. The smallest absolute Gasteiger partial charge is 0.272 e. The van der Waals surface area contributed by atoms with Crippen molar-refractivity contribution in [3.8, 4) is 0 Å². The van der Waals surface area contributed by atoms with E-state index in [1.807, 2.05) is 31.2 Å². The number of amides is 1. The Morgan fingerprint density at radius 1 is 1.17 bits per heavy atom. The van der Waals surface area contributed by atoms with Gasteiger partial charge < -0.3 is 11.1 Å². The van der Waals surface area contributed by atoms with Gasteiger partial charge in [0.25, 0.3) is 5.91 Å². The van der Waals surface area contributed by atoms with Crippen LogP contribution >= 0.6 is 0 Å². The monoisotopic (exact) mass is 242 g/mol. The summed E-state index contributed by atoms with van der Waals surface area (Å²) < 4.78 is 0. The fourth-order valence-electron chi connectivity index (χ4n) is 1.44. The SMILES string of the molecule is Cc1ccc(CNC(=O)c2ccc(N)nn2)cc1. The topological polar surface area (TPSA) is 80.9 Å². The van der Waals surface area contributed by atoms with Crippen LogP contribution in [0.2, 0.25) is 0 Å². The minimum atomic E-state index is -0.261. The van der Waals surface area contributed by atoms with Crippen molar-refractivity contribution in [3.63, 3.8) is 0 Å². The molecule has 1 aromatic heterocycles. The van der Waals surface area contributed by atoms with E-state index in [9.17, 15) is 4.79 Å².